The van der Waals surface area contributed by atoms with Crippen molar-refractivity contribution in [3.8, 4) is 0 Å². The number of nitrogens with zero attached hydrogens (tertiary/aromatic N) is 2. The van der Waals surface area contributed by atoms with E-state index < -0.39 is 10.0 Å². The predicted molar refractivity (Wildman–Crippen MR) is 98.8 cm³/mol. The Hall–Kier alpha value is -2.03. The molecule has 2 aromatic rings. The van der Waals surface area contributed by atoms with Crippen molar-refractivity contribution in [2.45, 2.75) is 24.2 Å². The highest BCUT2D eigenvalue weighted by atomic mass is 32.2. The Morgan fingerprint density at radius 3 is 2.52 bits per heavy atom. The number of benzene rings is 1. The van der Waals surface area contributed by atoms with Gasteiger partial charge in [-0.1, -0.05) is 6.42 Å². The van der Waals surface area contributed by atoms with E-state index >= 15 is 0 Å². The summed E-state index contributed by atoms with van der Waals surface area (Å²) >= 11 is 1.46. The van der Waals surface area contributed by atoms with Crippen molar-refractivity contribution < 1.29 is 13.2 Å². The second kappa shape index (κ2) is 7.90. The summed E-state index contributed by atoms with van der Waals surface area (Å²) in [6.45, 7) is 1.14. The first-order chi connectivity index (χ1) is 12.1. The third-order valence-electron chi connectivity index (χ3n) is 3.93. The fourth-order valence-corrected chi connectivity index (χ4v) is 4.65. The number of carbonyl (C=O) groups excluding carboxylic acids is 1. The van der Waals surface area contributed by atoms with Crippen molar-refractivity contribution in [2.24, 2.45) is 0 Å². The maximum absolute atomic E-state index is 12.6. The zero-order valence-electron chi connectivity index (χ0n) is 13.6. The lowest BCUT2D eigenvalue weighted by Gasteiger charge is -2.25. The van der Waals surface area contributed by atoms with E-state index in [0.717, 1.165) is 25.0 Å². The molecule has 1 aromatic carbocycles. The van der Waals surface area contributed by atoms with E-state index in [-0.39, 0.29) is 10.8 Å². The molecule has 0 saturated carbocycles. The van der Waals surface area contributed by atoms with Crippen LogP contribution in [0.25, 0.3) is 6.08 Å². The van der Waals surface area contributed by atoms with Crippen molar-refractivity contribution >= 4 is 39.0 Å². The SMILES string of the molecule is O=C(/C=C/c1cscn1)Nc1ccc(S(=O)(=O)N2CCCCC2)cc1. The normalized spacial score (nSPS) is 16.2. The molecule has 0 aliphatic carbocycles. The molecule has 1 fully saturated rings. The molecule has 25 heavy (non-hydrogen) atoms. The van der Waals surface area contributed by atoms with E-state index in [9.17, 15) is 13.2 Å². The van der Waals surface area contributed by atoms with Gasteiger partial charge in [0, 0.05) is 30.2 Å². The van der Waals surface area contributed by atoms with E-state index in [4.69, 9.17) is 0 Å². The summed E-state index contributed by atoms with van der Waals surface area (Å²) in [5.74, 6) is -0.292. The number of hydrogen-bond acceptors (Lipinski definition) is 5. The third kappa shape index (κ3) is 4.53. The molecular formula is C17H19N3O3S2. The van der Waals surface area contributed by atoms with Gasteiger partial charge in [-0.25, -0.2) is 13.4 Å². The summed E-state index contributed by atoms with van der Waals surface area (Å²) in [5.41, 5.74) is 2.97. The quantitative estimate of drug-likeness (QED) is 0.813. The van der Waals surface area contributed by atoms with Crippen LogP contribution in [-0.4, -0.2) is 36.7 Å². The molecule has 8 heteroatoms. The number of hydrogen-bond donors (Lipinski definition) is 1. The van der Waals surface area contributed by atoms with Crippen LogP contribution in [0.2, 0.25) is 0 Å². The van der Waals surface area contributed by atoms with Crippen LogP contribution in [0.3, 0.4) is 0 Å². The Labute approximate surface area is 151 Å². The zero-order valence-corrected chi connectivity index (χ0v) is 15.2. The molecule has 1 amide bonds. The molecule has 1 N–H and O–H groups in total. The summed E-state index contributed by atoms with van der Waals surface area (Å²) in [6, 6.07) is 6.27. The van der Waals surface area contributed by atoms with Gasteiger partial charge in [0.05, 0.1) is 16.1 Å². The molecule has 0 radical (unpaired) electrons. The number of sulfonamides is 1. The number of rotatable bonds is 5. The fourth-order valence-electron chi connectivity index (χ4n) is 2.61. The highest BCUT2D eigenvalue weighted by Crippen LogP contribution is 2.22. The number of amides is 1. The van der Waals surface area contributed by atoms with Crippen molar-refractivity contribution in [1.29, 1.82) is 0 Å². The monoisotopic (exact) mass is 377 g/mol. The van der Waals surface area contributed by atoms with Gasteiger partial charge in [0.25, 0.3) is 0 Å². The highest BCUT2D eigenvalue weighted by Gasteiger charge is 2.25. The van der Waals surface area contributed by atoms with Crippen LogP contribution in [0.15, 0.2) is 46.1 Å². The van der Waals surface area contributed by atoms with Crippen LogP contribution in [0.1, 0.15) is 25.0 Å². The molecule has 0 unspecified atom stereocenters. The number of carbonyl (C=O) groups is 1. The van der Waals surface area contributed by atoms with Gasteiger partial charge in [-0.05, 0) is 43.2 Å². The summed E-state index contributed by atoms with van der Waals surface area (Å²) in [7, 11) is -3.45. The topological polar surface area (TPSA) is 79.4 Å². The largest absolute Gasteiger partial charge is 0.323 e. The lowest BCUT2D eigenvalue weighted by Crippen LogP contribution is -2.35. The second-order valence-corrected chi connectivity index (χ2v) is 8.38. The minimum atomic E-state index is -3.45. The minimum Gasteiger partial charge on any atom is -0.323 e. The Morgan fingerprint density at radius 1 is 1.16 bits per heavy atom. The van der Waals surface area contributed by atoms with Gasteiger partial charge in [-0.3, -0.25) is 4.79 Å². The summed E-state index contributed by atoms with van der Waals surface area (Å²) in [4.78, 5) is 16.2. The van der Waals surface area contributed by atoms with Crippen LogP contribution in [0, 0.1) is 0 Å². The Balaban J connectivity index is 1.64. The first kappa shape index (κ1) is 17.8. The first-order valence-electron chi connectivity index (χ1n) is 8.03. The van der Waals surface area contributed by atoms with Crippen molar-refractivity contribution in [1.82, 2.24) is 9.29 Å². The number of thiazole rings is 1. The van der Waals surface area contributed by atoms with E-state index in [1.54, 1.807) is 23.7 Å². The van der Waals surface area contributed by atoms with Crippen LogP contribution < -0.4 is 5.32 Å². The van der Waals surface area contributed by atoms with Crippen LogP contribution in [-0.2, 0) is 14.8 Å². The van der Waals surface area contributed by atoms with Gasteiger partial charge < -0.3 is 5.32 Å². The molecule has 6 nitrogen and oxygen atoms in total. The number of aromatic nitrogens is 1. The van der Waals surface area contributed by atoms with Gasteiger partial charge in [0.2, 0.25) is 15.9 Å². The standard InChI is InChI=1S/C17H19N3O3S2/c21-17(9-6-15-12-24-13-18-15)19-14-4-7-16(8-5-14)25(22,23)20-10-2-1-3-11-20/h4-9,12-13H,1-3,10-11H2,(H,19,21)/b9-6+. The number of piperidine rings is 1. The third-order valence-corrected chi connectivity index (χ3v) is 6.45. The molecule has 1 aromatic heterocycles. The maximum atomic E-state index is 12.6. The summed E-state index contributed by atoms with van der Waals surface area (Å²) in [5, 5.41) is 4.54. The lowest BCUT2D eigenvalue weighted by molar-refractivity contribution is -0.111. The molecule has 132 valence electrons. The molecule has 0 atom stereocenters. The summed E-state index contributed by atoms with van der Waals surface area (Å²) < 4.78 is 26.7. The van der Waals surface area contributed by atoms with Gasteiger partial charge in [-0.2, -0.15) is 4.31 Å². The molecule has 0 spiro atoms. The molecule has 1 aliphatic rings. The average molecular weight is 377 g/mol. The van der Waals surface area contributed by atoms with Crippen molar-refractivity contribution in [2.75, 3.05) is 18.4 Å². The lowest BCUT2D eigenvalue weighted by atomic mass is 10.2. The van der Waals surface area contributed by atoms with E-state index in [0.29, 0.717) is 18.8 Å². The Bertz CT molecular complexity index is 838. The van der Waals surface area contributed by atoms with Gasteiger partial charge >= 0.3 is 0 Å². The maximum Gasteiger partial charge on any atom is 0.248 e. The number of anilines is 1. The van der Waals surface area contributed by atoms with E-state index in [1.807, 2.05) is 5.38 Å². The van der Waals surface area contributed by atoms with E-state index in [2.05, 4.69) is 10.3 Å². The van der Waals surface area contributed by atoms with Gasteiger partial charge in [0.15, 0.2) is 0 Å². The molecule has 0 bridgehead atoms. The summed E-state index contributed by atoms with van der Waals surface area (Å²) in [6.07, 6.45) is 5.90. The molecule has 3 rings (SSSR count). The van der Waals surface area contributed by atoms with Crippen LogP contribution >= 0.6 is 11.3 Å². The Kier molecular flexibility index (Phi) is 5.62. The fraction of sp³-hybridized carbons (Fsp3) is 0.294. The second-order valence-electron chi connectivity index (χ2n) is 5.73. The minimum absolute atomic E-state index is 0.255. The molecular weight excluding hydrogens is 358 g/mol. The Morgan fingerprint density at radius 2 is 1.88 bits per heavy atom. The van der Waals surface area contributed by atoms with Gasteiger partial charge in [-0.15, -0.1) is 11.3 Å². The van der Waals surface area contributed by atoms with Gasteiger partial charge in [0.1, 0.15) is 0 Å². The van der Waals surface area contributed by atoms with Crippen LogP contribution in [0.5, 0.6) is 0 Å². The zero-order chi connectivity index (χ0) is 17.7. The van der Waals surface area contributed by atoms with Crippen LogP contribution in [0.4, 0.5) is 5.69 Å². The average Bonchev–Trinajstić information content (AvgIpc) is 3.15. The van der Waals surface area contributed by atoms with E-state index in [1.165, 1.54) is 33.9 Å². The molecule has 1 aliphatic heterocycles. The smallest absolute Gasteiger partial charge is 0.248 e. The first-order valence-corrected chi connectivity index (χ1v) is 10.4. The molecule has 2 heterocycles. The van der Waals surface area contributed by atoms with Crippen molar-refractivity contribution in [3.63, 3.8) is 0 Å². The predicted octanol–water partition coefficient (Wildman–Crippen LogP) is 2.97. The van der Waals surface area contributed by atoms with Crippen molar-refractivity contribution in [3.05, 3.63) is 46.9 Å². The number of nitrogens with one attached hydrogen (secondary N) is 1. The molecule has 1 saturated heterocycles. The highest BCUT2D eigenvalue weighted by molar-refractivity contribution is 7.89.